The van der Waals surface area contributed by atoms with Gasteiger partial charge in [0.05, 0.1) is 5.60 Å². The maximum atomic E-state index is 5.67. The lowest BCUT2D eigenvalue weighted by molar-refractivity contribution is -0.0885. The molecule has 1 fully saturated rings. The van der Waals surface area contributed by atoms with Gasteiger partial charge in [0.25, 0.3) is 0 Å². The molecule has 1 atom stereocenters. The largest absolute Gasteiger partial charge is 0.381 e. The summed E-state index contributed by atoms with van der Waals surface area (Å²) < 4.78 is 11.0. The van der Waals surface area contributed by atoms with Gasteiger partial charge >= 0.3 is 0 Å². The van der Waals surface area contributed by atoms with Crippen LogP contribution in [0.2, 0.25) is 0 Å². The van der Waals surface area contributed by atoms with Crippen molar-refractivity contribution in [2.45, 2.75) is 44.2 Å². The first-order valence-electron chi connectivity index (χ1n) is 6.19. The molecule has 16 heavy (non-hydrogen) atoms. The number of methoxy groups -OCH3 is 1. The van der Waals surface area contributed by atoms with Gasteiger partial charge < -0.3 is 14.8 Å². The topological polar surface area (TPSA) is 30.5 Å². The summed E-state index contributed by atoms with van der Waals surface area (Å²) in [7, 11) is 1.81. The highest BCUT2D eigenvalue weighted by Crippen LogP contribution is 2.23. The molecule has 0 bridgehead atoms. The van der Waals surface area contributed by atoms with E-state index in [1.165, 1.54) is 0 Å². The van der Waals surface area contributed by atoms with Crippen LogP contribution in [0.15, 0.2) is 12.7 Å². The maximum absolute atomic E-state index is 5.67. The second kappa shape index (κ2) is 7.05. The number of ether oxygens (including phenoxy) is 2. The van der Waals surface area contributed by atoms with E-state index in [-0.39, 0.29) is 5.60 Å². The van der Waals surface area contributed by atoms with Gasteiger partial charge in [0, 0.05) is 45.8 Å². The molecule has 1 N–H and O–H groups in total. The standard InChI is InChI=1S/C13H25NO2/c1-4-5-6-12(2)14-11-13(15-3)7-9-16-10-8-13/h4,12,14H,1,5-11H2,2-3H3. The summed E-state index contributed by atoms with van der Waals surface area (Å²) in [6, 6.07) is 0.521. The van der Waals surface area contributed by atoms with E-state index in [4.69, 9.17) is 9.47 Å². The summed E-state index contributed by atoms with van der Waals surface area (Å²) in [6.45, 7) is 8.51. The first kappa shape index (κ1) is 13.7. The summed E-state index contributed by atoms with van der Waals surface area (Å²) in [5.41, 5.74) is -0.0132. The second-order valence-corrected chi connectivity index (χ2v) is 4.65. The molecule has 0 aliphatic carbocycles. The Balaban J connectivity index is 2.29. The van der Waals surface area contributed by atoms with Crippen LogP contribution in [0.3, 0.4) is 0 Å². The predicted molar refractivity (Wildman–Crippen MR) is 66.7 cm³/mol. The van der Waals surface area contributed by atoms with E-state index in [9.17, 15) is 0 Å². The van der Waals surface area contributed by atoms with Crippen molar-refractivity contribution in [3.63, 3.8) is 0 Å². The summed E-state index contributed by atoms with van der Waals surface area (Å²) in [4.78, 5) is 0. The van der Waals surface area contributed by atoms with Crippen molar-refractivity contribution in [3.05, 3.63) is 12.7 Å². The maximum Gasteiger partial charge on any atom is 0.0846 e. The van der Waals surface area contributed by atoms with Gasteiger partial charge in [-0.3, -0.25) is 0 Å². The van der Waals surface area contributed by atoms with Gasteiger partial charge in [0.1, 0.15) is 0 Å². The molecule has 0 aromatic rings. The van der Waals surface area contributed by atoms with Crippen molar-refractivity contribution < 1.29 is 9.47 Å². The van der Waals surface area contributed by atoms with Crippen LogP contribution in [0.4, 0.5) is 0 Å². The average Bonchev–Trinajstić information content (AvgIpc) is 2.35. The Hall–Kier alpha value is -0.380. The number of nitrogens with one attached hydrogen (secondary N) is 1. The Labute approximate surface area is 99.2 Å². The number of rotatable bonds is 7. The van der Waals surface area contributed by atoms with E-state index >= 15 is 0 Å². The fraction of sp³-hybridized carbons (Fsp3) is 0.846. The van der Waals surface area contributed by atoms with Crippen LogP contribution in [0.25, 0.3) is 0 Å². The molecule has 0 aromatic carbocycles. The Morgan fingerprint density at radius 3 is 2.75 bits per heavy atom. The van der Waals surface area contributed by atoms with Crippen molar-refractivity contribution in [1.29, 1.82) is 0 Å². The van der Waals surface area contributed by atoms with E-state index in [0.717, 1.165) is 45.4 Å². The van der Waals surface area contributed by atoms with Crippen LogP contribution >= 0.6 is 0 Å². The van der Waals surface area contributed by atoms with Gasteiger partial charge in [-0.25, -0.2) is 0 Å². The fourth-order valence-corrected chi connectivity index (χ4v) is 2.03. The van der Waals surface area contributed by atoms with E-state index in [0.29, 0.717) is 6.04 Å². The lowest BCUT2D eigenvalue weighted by Gasteiger charge is -2.37. The zero-order valence-electron chi connectivity index (χ0n) is 10.6. The molecule has 1 rings (SSSR count). The molecule has 1 unspecified atom stereocenters. The van der Waals surface area contributed by atoms with Crippen LogP contribution in [0.1, 0.15) is 32.6 Å². The molecule has 1 aliphatic heterocycles. The van der Waals surface area contributed by atoms with Crippen molar-refractivity contribution in [1.82, 2.24) is 5.32 Å². The molecule has 0 aromatic heterocycles. The third-order valence-electron chi connectivity index (χ3n) is 3.41. The summed E-state index contributed by atoms with van der Waals surface area (Å²) in [5.74, 6) is 0. The minimum Gasteiger partial charge on any atom is -0.381 e. The van der Waals surface area contributed by atoms with Gasteiger partial charge in [-0.1, -0.05) is 6.08 Å². The quantitative estimate of drug-likeness (QED) is 0.676. The molecular weight excluding hydrogens is 202 g/mol. The van der Waals surface area contributed by atoms with Crippen LogP contribution < -0.4 is 5.32 Å². The van der Waals surface area contributed by atoms with E-state index in [2.05, 4.69) is 18.8 Å². The molecule has 1 heterocycles. The third-order valence-corrected chi connectivity index (χ3v) is 3.41. The lowest BCUT2D eigenvalue weighted by Crippen LogP contribution is -2.48. The lowest BCUT2D eigenvalue weighted by atomic mass is 9.93. The molecule has 1 aliphatic rings. The number of allylic oxidation sites excluding steroid dienone is 1. The molecule has 0 spiro atoms. The van der Waals surface area contributed by atoms with E-state index in [1.54, 1.807) is 7.11 Å². The summed E-state index contributed by atoms with van der Waals surface area (Å²) >= 11 is 0. The molecular formula is C13H25NO2. The zero-order chi connectivity index (χ0) is 11.9. The average molecular weight is 227 g/mol. The van der Waals surface area contributed by atoms with Crippen LogP contribution in [0.5, 0.6) is 0 Å². The fourth-order valence-electron chi connectivity index (χ4n) is 2.03. The van der Waals surface area contributed by atoms with Crippen molar-refractivity contribution in [3.8, 4) is 0 Å². The minimum absolute atomic E-state index is 0.0132. The highest BCUT2D eigenvalue weighted by molar-refractivity contribution is 4.86. The van der Waals surface area contributed by atoms with Gasteiger partial charge in [-0.15, -0.1) is 6.58 Å². The number of hydrogen-bond acceptors (Lipinski definition) is 3. The highest BCUT2D eigenvalue weighted by Gasteiger charge is 2.32. The van der Waals surface area contributed by atoms with Crippen LogP contribution in [-0.4, -0.2) is 38.5 Å². The normalized spacial score (nSPS) is 21.6. The molecule has 3 nitrogen and oxygen atoms in total. The Bertz CT molecular complexity index is 200. The van der Waals surface area contributed by atoms with Gasteiger partial charge in [-0.05, 0) is 19.8 Å². The van der Waals surface area contributed by atoms with E-state index in [1.807, 2.05) is 6.08 Å². The molecule has 3 heteroatoms. The third kappa shape index (κ3) is 4.24. The highest BCUT2D eigenvalue weighted by atomic mass is 16.5. The van der Waals surface area contributed by atoms with Gasteiger partial charge in [0.15, 0.2) is 0 Å². The second-order valence-electron chi connectivity index (χ2n) is 4.65. The Morgan fingerprint density at radius 1 is 1.50 bits per heavy atom. The molecule has 94 valence electrons. The smallest absolute Gasteiger partial charge is 0.0846 e. The van der Waals surface area contributed by atoms with E-state index < -0.39 is 0 Å². The molecule has 0 amide bonds. The zero-order valence-corrected chi connectivity index (χ0v) is 10.6. The summed E-state index contributed by atoms with van der Waals surface area (Å²) in [6.07, 6.45) is 6.16. The molecule has 0 saturated carbocycles. The first-order chi connectivity index (χ1) is 7.72. The summed E-state index contributed by atoms with van der Waals surface area (Å²) in [5, 5.41) is 3.55. The van der Waals surface area contributed by atoms with Gasteiger partial charge in [0.2, 0.25) is 0 Å². The predicted octanol–water partition coefficient (Wildman–Crippen LogP) is 2.13. The Kier molecular flexibility index (Phi) is 6.03. The van der Waals surface area contributed by atoms with Crippen molar-refractivity contribution in [2.75, 3.05) is 26.9 Å². The Morgan fingerprint density at radius 2 is 2.19 bits per heavy atom. The minimum atomic E-state index is -0.0132. The first-order valence-corrected chi connectivity index (χ1v) is 6.19. The molecule has 1 saturated heterocycles. The van der Waals surface area contributed by atoms with Crippen LogP contribution in [0, 0.1) is 0 Å². The SMILES string of the molecule is C=CCCC(C)NCC1(OC)CCOCC1. The molecule has 0 radical (unpaired) electrons. The van der Waals surface area contributed by atoms with Crippen LogP contribution in [-0.2, 0) is 9.47 Å². The monoisotopic (exact) mass is 227 g/mol. The van der Waals surface area contributed by atoms with Gasteiger partial charge in [-0.2, -0.15) is 0 Å². The van der Waals surface area contributed by atoms with Crippen molar-refractivity contribution in [2.24, 2.45) is 0 Å². The number of hydrogen-bond donors (Lipinski definition) is 1. The van der Waals surface area contributed by atoms with Crippen molar-refractivity contribution >= 4 is 0 Å².